The summed E-state index contributed by atoms with van der Waals surface area (Å²) in [5, 5.41) is 2.81. The Morgan fingerprint density at radius 3 is 2.04 bits per heavy atom. The lowest BCUT2D eigenvalue weighted by molar-refractivity contribution is -0.142. The molecule has 27 heavy (non-hydrogen) atoms. The minimum absolute atomic E-state index is 0.288. The zero-order valence-electron chi connectivity index (χ0n) is 17.1. The lowest BCUT2D eigenvalue weighted by atomic mass is 10.1. The Kier molecular flexibility index (Phi) is 17.2. The highest BCUT2D eigenvalue weighted by atomic mass is 35.5. The molecule has 0 aromatic rings. The Labute approximate surface area is 175 Å². The molecule has 9 heteroatoms. The molecule has 0 aliphatic carbocycles. The zero-order valence-corrected chi connectivity index (χ0v) is 19.5. The van der Waals surface area contributed by atoms with Gasteiger partial charge in [-0.25, -0.2) is 9.76 Å². The molecule has 6 nitrogen and oxygen atoms in total. The van der Waals surface area contributed by atoms with Crippen LogP contribution in [0.1, 0.15) is 65.2 Å². The second-order valence-corrected chi connectivity index (χ2v) is 9.41. The molecule has 0 fully saturated rings. The fraction of sp³-hybridized carbons (Fsp3) is 0.944. The predicted molar refractivity (Wildman–Crippen MR) is 114 cm³/mol. The van der Waals surface area contributed by atoms with E-state index in [0.717, 1.165) is 19.3 Å². The summed E-state index contributed by atoms with van der Waals surface area (Å²) in [5.41, 5.74) is 0. The van der Waals surface area contributed by atoms with Crippen molar-refractivity contribution in [1.82, 2.24) is 9.76 Å². The summed E-state index contributed by atoms with van der Waals surface area (Å²) >= 11 is 11.7. The monoisotopic (exact) mass is 446 g/mol. The Hall–Kier alpha value is 0.160. The van der Waals surface area contributed by atoms with Gasteiger partial charge in [-0.3, -0.25) is 9.36 Å². The van der Waals surface area contributed by atoms with Crippen LogP contribution in [0.2, 0.25) is 0 Å². The van der Waals surface area contributed by atoms with Gasteiger partial charge in [-0.2, -0.15) is 0 Å². The average Bonchev–Trinajstić information content (AvgIpc) is 2.65. The first kappa shape index (κ1) is 27.2. The quantitative estimate of drug-likeness (QED) is 0.135. The summed E-state index contributed by atoms with van der Waals surface area (Å²) in [6.07, 6.45) is 9.34. The summed E-state index contributed by atoms with van der Waals surface area (Å²) in [5.74, 6) is 0.0784. The number of nitrogens with one attached hydrogen (secondary N) is 1. The molecule has 0 saturated carbocycles. The molecule has 0 bridgehead atoms. The van der Waals surface area contributed by atoms with Crippen LogP contribution >= 0.6 is 30.9 Å². The fourth-order valence-corrected chi connectivity index (χ4v) is 5.41. The second kappa shape index (κ2) is 17.1. The molecule has 0 saturated heterocycles. The lowest BCUT2D eigenvalue weighted by Gasteiger charge is -2.32. The predicted octanol–water partition coefficient (Wildman–Crippen LogP) is 5.18. The Morgan fingerprint density at radius 1 is 1.04 bits per heavy atom. The minimum atomic E-state index is -3.44. The SMILES string of the molecule is CCCCCCCCCCOP(=O)(NC(C)C(=O)OC)N(CCCl)CCCl. The van der Waals surface area contributed by atoms with E-state index in [2.05, 4.69) is 12.0 Å². The molecule has 0 aliphatic heterocycles. The number of ether oxygens (including phenoxy) is 1. The Morgan fingerprint density at radius 2 is 1.56 bits per heavy atom. The van der Waals surface area contributed by atoms with Gasteiger partial charge in [0.15, 0.2) is 0 Å². The fourth-order valence-electron chi connectivity index (χ4n) is 2.67. The summed E-state index contributed by atoms with van der Waals surface area (Å²) in [6.45, 7) is 4.86. The molecular formula is C18H37Cl2N2O4P. The van der Waals surface area contributed by atoms with Crippen LogP contribution in [0.25, 0.3) is 0 Å². The van der Waals surface area contributed by atoms with Crippen molar-refractivity contribution < 1.29 is 18.6 Å². The largest absolute Gasteiger partial charge is 0.468 e. The average molecular weight is 447 g/mol. The standard InChI is InChI=1S/C18H37Cl2N2O4P/c1-4-5-6-7-8-9-10-11-16-26-27(24,21-17(2)18(23)25-3)22(14-12-19)15-13-20/h17H,4-16H2,1-3H3,(H,21,24). The molecule has 2 atom stereocenters. The maximum atomic E-state index is 13.4. The molecule has 0 spiro atoms. The van der Waals surface area contributed by atoms with E-state index in [4.69, 9.17) is 32.5 Å². The normalized spacial score (nSPS) is 14.9. The van der Waals surface area contributed by atoms with Crippen LogP contribution in [0, 0.1) is 0 Å². The topological polar surface area (TPSA) is 67.9 Å². The van der Waals surface area contributed by atoms with E-state index in [1.54, 1.807) is 11.6 Å². The van der Waals surface area contributed by atoms with Crippen molar-refractivity contribution in [2.75, 3.05) is 38.6 Å². The van der Waals surface area contributed by atoms with Gasteiger partial charge in [0.1, 0.15) is 6.04 Å². The number of esters is 1. The number of nitrogens with zero attached hydrogens (tertiary/aromatic N) is 1. The van der Waals surface area contributed by atoms with Gasteiger partial charge in [0.2, 0.25) is 0 Å². The van der Waals surface area contributed by atoms with Crippen LogP contribution in [0.4, 0.5) is 0 Å². The first-order valence-electron chi connectivity index (χ1n) is 9.92. The number of hydrogen-bond donors (Lipinski definition) is 1. The molecule has 162 valence electrons. The smallest absolute Gasteiger partial charge is 0.344 e. The summed E-state index contributed by atoms with van der Waals surface area (Å²) in [4.78, 5) is 11.7. The molecular weight excluding hydrogens is 410 g/mol. The zero-order chi connectivity index (χ0) is 20.5. The van der Waals surface area contributed by atoms with Crippen molar-refractivity contribution in [3.63, 3.8) is 0 Å². The van der Waals surface area contributed by atoms with Crippen molar-refractivity contribution in [3.8, 4) is 0 Å². The molecule has 0 rings (SSSR count). The highest BCUT2D eigenvalue weighted by Gasteiger charge is 2.34. The van der Waals surface area contributed by atoms with Gasteiger partial charge >= 0.3 is 13.6 Å². The van der Waals surface area contributed by atoms with Crippen LogP contribution in [0.15, 0.2) is 0 Å². The van der Waals surface area contributed by atoms with E-state index in [1.807, 2.05) is 0 Å². The van der Waals surface area contributed by atoms with E-state index < -0.39 is 19.7 Å². The first-order valence-corrected chi connectivity index (χ1v) is 12.6. The molecule has 0 aliphatic rings. The number of carbonyl (C=O) groups excluding carboxylic acids is 1. The molecule has 1 N–H and O–H groups in total. The molecule has 0 aromatic heterocycles. The van der Waals surface area contributed by atoms with E-state index in [-0.39, 0.29) is 11.8 Å². The van der Waals surface area contributed by atoms with Crippen molar-refractivity contribution in [2.45, 2.75) is 71.3 Å². The minimum Gasteiger partial charge on any atom is -0.468 e. The second-order valence-electron chi connectivity index (χ2n) is 6.53. The third-order valence-electron chi connectivity index (χ3n) is 4.23. The Bertz CT molecular complexity index is 424. The van der Waals surface area contributed by atoms with Gasteiger partial charge in [-0.05, 0) is 13.3 Å². The molecule has 0 heterocycles. The van der Waals surface area contributed by atoms with Crippen LogP contribution in [-0.2, 0) is 18.6 Å². The van der Waals surface area contributed by atoms with Crippen LogP contribution in [-0.4, -0.2) is 55.2 Å². The molecule has 0 aromatic carbocycles. The van der Waals surface area contributed by atoms with Gasteiger partial charge in [-0.15, -0.1) is 23.2 Å². The lowest BCUT2D eigenvalue weighted by Crippen LogP contribution is -2.40. The maximum absolute atomic E-state index is 13.4. The summed E-state index contributed by atoms with van der Waals surface area (Å²) in [7, 11) is -2.15. The van der Waals surface area contributed by atoms with E-state index in [9.17, 15) is 9.36 Å². The third-order valence-corrected chi connectivity index (χ3v) is 6.96. The molecule has 2 unspecified atom stereocenters. The van der Waals surface area contributed by atoms with Gasteiger partial charge in [0, 0.05) is 24.8 Å². The van der Waals surface area contributed by atoms with Crippen LogP contribution in [0.5, 0.6) is 0 Å². The van der Waals surface area contributed by atoms with Crippen molar-refractivity contribution in [1.29, 1.82) is 0 Å². The number of halogens is 2. The highest BCUT2D eigenvalue weighted by molar-refractivity contribution is 7.54. The number of unbranched alkanes of at least 4 members (excludes halogenated alkanes) is 7. The van der Waals surface area contributed by atoms with Gasteiger partial charge in [0.25, 0.3) is 0 Å². The summed E-state index contributed by atoms with van der Waals surface area (Å²) in [6, 6.07) is -0.757. The maximum Gasteiger partial charge on any atom is 0.344 e. The number of rotatable bonds is 18. The van der Waals surface area contributed by atoms with Crippen LogP contribution < -0.4 is 5.09 Å². The molecule has 0 amide bonds. The van der Waals surface area contributed by atoms with Gasteiger partial charge in [0.05, 0.1) is 13.7 Å². The van der Waals surface area contributed by atoms with Crippen molar-refractivity contribution >= 4 is 36.8 Å². The third kappa shape index (κ3) is 12.4. The van der Waals surface area contributed by atoms with Gasteiger partial charge in [-0.1, -0.05) is 51.9 Å². The van der Waals surface area contributed by atoms with Crippen molar-refractivity contribution in [3.05, 3.63) is 0 Å². The van der Waals surface area contributed by atoms with E-state index >= 15 is 0 Å². The van der Waals surface area contributed by atoms with E-state index in [0.29, 0.717) is 19.7 Å². The van der Waals surface area contributed by atoms with Gasteiger partial charge < -0.3 is 9.26 Å². The van der Waals surface area contributed by atoms with Crippen LogP contribution in [0.3, 0.4) is 0 Å². The number of methoxy groups -OCH3 is 1. The number of alkyl halides is 2. The Balaban J connectivity index is 4.57. The summed E-state index contributed by atoms with van der Waals surface area (Å²) < 4.78 is 25.5. The van der Waals surface area contributed by atoms with Crippen molar-refractivity contribution in [2.24, 2.45) is 0 Å². The number of hydrogen-bond acceptors (Lipinski definition) is 4. The number of carbonyl (C=O) groups is 1. The highest BCUT2D eigenvalue weighted by Crippen LogP contribution is 2.47. The van der Waals surface area contributed by atoms with E-state index in [1.165, 1.54) is 39.2 Å². The molecule has 0 radical (unpaired) electrons. The first-order chi connectivity index (χ1) is 12.9.